The van der Waals surface area contributed by atoms with Crippen molar-refractivity contribution in [2.45, 2.75) is 32.9 Å². The van der Waals surface area contributed by atoms with Gasteiger partial charge >= 0.3 is 0 Å². The predicted molar refractivity (Wildman–Crippen MR) is 72.6 cm³/mol. The zero-order chi connectivity index (χ0) is 14.4. The molecule has 0 spiro atoms. The highest BCUT2D eigenvalue weighted by molar-refractivity contribution is 5.77. The number of hydrogen-bond acceptors (Lipinski definition) is 3. The molecule has 0 bridgehead atoms. The summed E-state index contributed by atoms with van der Waals surface area (Å²) in [5.41, 5.74) is 0.694. The third-order valence-corrected chi connectivity index (χ3v) is 2.68. The third kappa shape index (κ3) is 4.87. The molecule has 0 radical (unpaired) electrons. The summed E-state index contributed by atoms with van der Waals surface area (Å²) in [5, 5.41) is 5.75. The molecule has 5 heteroatoms. The Kier molecular flexibility index (Phi) is 5.76. The normalized spacial score (nSPS) is 12.3. The van der Waals surface area contributed by atoms with Gasteiger partial charge in [-0.1, -0.05) is 0 Å². The molecule has 0 saturated heterocycles. The second kappa shape index (κ2) is 7.09. The molecule has 0 aliphatic carbocycles. The minimum Gasteiger partial charge on any atom is -0.483 e. The zero-order valence-corrected chi connectivity index (χ0v) is 11.8. The number of halogens is 1. The molecule has 1 unspecified atom stereocenters. The van der Waals surface area contributed by atoms with Gasteiger partial charge in [0.25, 0.3) is 5.91 Å². The van der Waals surface area contributed by atoms with E-state index in [0.29, 0.717) is 11.3 Å². The second-order valence-corrected chi connectivity index (χ2v) is 4.70. The summed E-state index contributed by atoms with van der Waals surface area (Å²) in [7, 11) is 1.78. The summed E-state index contributed by atoms with van der Waals surface area (Å²) in [6, 6.07) is 4.29. The third-order valence-electron chi connectivity index (χ3n) is 2.68. The lowest BCUT2D eigenvalue weighted by Crippen LogP contribution is -2.34. The molecule has 0 fully saturated rings. The first-order chi connectivity index (χ1) is 8.93. The fourth-order valence-electron chi connectivity index (χ4n) is 1.65. The number of rotatable bonds is 6. The summed E-state index contributed by atoms with van der Waals surface area (Å²) >= 11 is 0. The van der Waals surface area contributed by atoms with Crippen LogP contribution in [0, 0.1) is 5.82 Å². The molecular weight excluding hydrogens is 247 g/mol. The summed E-state index contributed by atoms with van der Waals surface area (Å²) in [6.07, 6.45) is 0. The van der Waals surface area contributed by atoms with Gasteiger partial charge in [0.1, 0.15) is 11.6 Å². The smallest absolute Gasteiger partial charge is 0.258 e. The zero-order valence-electron chi connectivity index (χ0n) is 11.8. The van der Waals surface area contributed by atoms with Gasteiger partial charge in [0, 0.05) is 17.6 Å². The van der Waals surface area contributed by atoms with Crippen molar-refractivity contribution in [2.75, 3.05) is 13.7 Å². The van der Waals surface area contributed by atoms with E-state index in [1.54, 1.807) is 13.1 Å². The Labute approximate surface area is 113 Å². The molecule has 1 aromatic rings. The van der Waals surface area contributed by atoms with Crippen LogP contribution in [0.4, 0.5) is 4.39 Å². The van der Waals surface area contributed by atoms with E-state index in [2.05, 4.69) is 10.6 Å². The Morgan fingerprint density at radius 2 is 2.05 bits per heavy atom. The largest absolute Gasteiger partial charge is 0.483 e. The number of benzene rings is 1. The van der Waals surface area contributed by atoms with Crippen molar-refractivity contribution in [1.82, 2.24) is 10.6 Å². The molecule has 19 heavy (non-hydrogen) atoms. The second-order valence-electron chi connectivity index (χ2n) is 4.70. The van der Waals surface area contributed by atoms with Crippen LogP contribution in [0.1, 0.15) is 32.4 Å². The first-order valence-corrected chi connectivity index (χ1v) is 6.33. The van der Waals surface area contributed by atoms with Crippen molar-refractivity contribution in [3.8, 4) is 5.75 Å². The van der Waals surface area contributed by atoms with Gasteiger partial charge in [-0.25, -0.2) is 4.39 Å². The number of hydrogen-bond donors (Lipinski definition) is 2. The number of amides is 1. The maximum atomic E-state index is 13.3. The fourth-order valence-corrected chi connectivity index (χ4v) is 1.65. The maximum Gasteiger partial charge on any atom is 0.258 e. The number of carbonyl (C=O) groups is 1. The molecule has 106 valence electrons. The lowest BCUT2D eigenvalue weighted by Gasteiger charge is -2.17. The molecule has 0 aromatic heterocycles. The van der Waals surface area contributed by atoms with E-state index in [0.717, 1.165) is 0 Å². The van der Waals surface area contributed by atoms with E-state index in [-0.39, 0.29) is 30.4 Å². The van der Waals surface area contributed by atoms with Gasteiger partial charge in [0.05, 0.1) is 0 Å². The van der Waals surface area contributed by atoms with Crippen LogP contribution >= 0.6 is 0 Å². The molecule has 1 atom stereocenters. The average Bonchev–Trinajstić information content (AvgIpc) is 2.35. The van der Waals surface area contributed by atoms with Crippen molar-refractivity contribution in [3.63, 3.8) is 0 Å². The van der Waals surface area contributed by atoms with Crippen LogP contribution in [0.5, 0.6) is 5.75 Å². The molecule has 1 aromatic carbocycles. The maximum absolute atomic E-state index is 13.3. The molecule has 2 N–H and O–H groups in total. The van der Waals surface area contributed by atoms with Crippen LogP contribution < -0.4 is 15.4 Å². The van der Waals surface area contributed by atoms with Crippen LogP contribution in [0.3, 0.4) is 0 Å². The van der Waals surface area contributed by atoms with E-state index in [9.17, 15) is 9.18 Å². The van der Waals surface area contributed by atoms with E-state index < -0.39 is 0 Å². The highest BCUT2D eigenvalue weighted by Gasteiger charge is 2.13. The number of carbonyl (C=O) groups excluding carboxylic acids is 1. The molecule has 0 saturated carbocycles. The SMILES string of the molecule is CNC(C)c1cc(F)ccc1OCC(=O)NC(C)C. The first kappa shape index (κ1) is 15.4. The fraction of sp³-hybridized carbons (Fsp3) is 0.500. The quantitative estimate of drug-likeness (QED) is 0.829. The lowest BCUT2D eigenvalue weighted by molar-refractivity contribution is -0.123. The Morgan fingerprint density at radius 3 is 2.63 bits per heavy atom. The monoisotopic (exact) mass is 268 g/mol. The van der Waals surface area contributed by atoms with Crippen molar-refractivity contribution in [3.05, 3.63) is 29.6 Å². The van der Waals surface area contributed by atoms with Gasteiger partial charge in [-0.2, -0.15) is 0 Å². The predicted octanol–water partition coefficient (Wildman–Crippen LogP) is 2.01. The Morgan fingerprint density at radius 1 is 1.37 bits per heavy atom. The van der Waals surface area contributed by atoms with Crippen molar-refractivity contribution < 1.29 is 13.9 Å². The van der Waals surface area contributed by atoms with Crippen molar-refractivity contribution in [2.24, 2.45) is 0 Å². The van der Waals surface area contributed by atoms with Crippen molar-refractivity contribution >= 4 is 5.91 Å². The van der Waals surface area contributed by atoms with Crippen LogP contribution in [0.15, 0.2) is 18.2 Å². The van der Waals surface area contributed by atoms with Crippen LogP contribution in [0.25, 0.3) is 0 Å². The van der Waals surface area contributed by atoms with Gasteiger partial charge in [0.15, 0.2) is 6.61 Å². The highest BCUT2D eigenvalue weighted by Crippen LogP contribution is 2.25. The molecule has 1 rings (SSSR count). The number of ether oxygens (including phenoxy) is 1. The van der Waals surface area contributed by atoms with Crippen LogP contribution in [-0.4, -0.2) is 25.6 Å². The van der Waals surface area contributed by atoms with E-state index in [4.69, 9.17) is 4.74 Å². The topological polar surface area (TPSA) is 50.4 Å². The minimum absolute atomic E-state index is 0.0566. The summed E-state index contributed by atoms with van der Waals surface area (Å²) in [4.78, 5) is 11.5. The number of nitrogens with one attached hydrogen (secondary N) is 2. The van der Waals surface area contributed by atoms with Crippen molar-refractivity contribution in [1.29, 1.82) is 0 Å². The average molecular weight is 268 g/mol. The summed E-state index contributed by atoms with van der Waals surface area (Å²) in [5.74, 6) is 0.000578. The standard InChI is InChI=1S/C14H21FN2O2/c1-9(2)17-14(18)8-19-13-6-5-11(15)7-12(13)10(3)16-4/h5-7,9-10,16H,8H2,1-4H3,(H,17,18). The molecular formula is C14H21FN2O2. The molecule has 1 amide bonds. The van der Waals surface area contributed by atoms with Gasteiger partial charge in [0.2, 0.25) is 0 Å². The summed E-state index contributed by atoms with van der Waals surface area (Å²) < 4.78 is 18.7. The highest BCUT2D eigenvalue weighted by atomic mass is 19.1. The Hall–Kier alpha value is -1.62. The van der Waals surface area contributed by atoms with Crippen LogP contribution in [-0.2, 0) is 4.79 Å². The van der Waals surface area contributed by atoms with E-state index >= 15 is 0 Å². The first-order valence-electron chi connectivity index (χ1n) is 6.33. The van der Waals surface area contributed by atoms with Gasteiger partial charge < -0.3 is 15.4 Å². The molecule has 4 nitrogen and oxygen atoms in total. The molecule has 0 aliphatic rings. The van der Waals surface area contributed by atoms with Gasteiger partial charge in [-0.3, -0.25) is 4.79 Å². The summed E-state index contributed by atoms with van der Waals surface area (Å²) in [6.45, 7) is 5.58. The van der Waals surface area contributed by atoms with Crippen LogP contribution in [0.2, 0.25) is 0 Å². The van der Waals surface area contributed by atoms with E-state index in [1.165, 1.54) is 12.1 Å². The lowest BCUT2D eigenvalue weighted by atomic mass is 10.1. The molecule has 0 aliphatic heterocycles. The Bertz CT molecular complexity index is 435. The minimum atomic E-state index is -0.323. The molecule has 0 heterocycles. The van der Waals surface area contributed by atoms with E-state index in [1.807, 2.05) is 20.8 Å². The Balaban J connectivity index is 2.75. The van der Waals surface area contributed by atoms with Gasteiger partial charge in [-0.05, 0) is 46.0 Å². The van der Waals surface area contributed by atoms with Gasteiger partial charge in [-0.15, -0.1) is 0 Å².